The van der Waals surface area contributed by atoms with E-state index in [0.29, 0.717) is 48.7 Å². The lowest BCUT2D eigenvalue weighted by atomic mass is 10.2. The molecule has 3 rings (SSSR count). The number of methoxy groups -OCH3 is 1. The van der Waals surface area contributed by atoms with Gasteiger partial charge in [0.05, 0.1) is 12.1 Å². The molecule has 1 aliphatic heterocycles. The number of rotatable bonds is 5. The summed E-state index contributed by atoms with van der Waals surface area (Å²) in [6, 6.07) is 7.71. The maximum absolute atomic E-state index is 6.23. The highest BCUT2D eigenvalue weighted by atomic mass is 35.5. The number of hydrogen-bond acceptors (Lipinski definition) is 5. The molecule has 1 N–H and O–H groups in total. The highest BCUT2D eigenvalue weighted by molar-refractivity contribution is 6.32. The molecule has 1 aliphatic rings. The summed E-state index contributed by atoms with van der Waals surface area (Å²) in [5.74, 6) is 1.96. The summed E-state index contributed by atoms with van der Waals surface area (Å²) < 4.78 is 16.2. The van der Waals surface area contributed by atoms with E-state index in [-0.39, 0.29) is 0 Å². The Balaban J connectivity index is 1.63. The predicted molar refractivity (Wildman–Crippen MR) is 83.8 cm³/mol. The lowest BCUT2D eigenvalue weighted by Crippen LogP contribution is -2.17. The Morgan fingerprint density at radius 2 is 2.00 bits per heavy atom. The first kappa shape index (κ1) is 14.9. The quantitative estimate of drug-likeness (QED) is 0.918. The minimum atomic E-state index is 0.536. The van der Waals surface area contributed by atoms with Crippen molar-refractivity contribution in [2.75, 3.05) is 20.3 Å². The Morgan fingerprint density at radius 3 is 2.86 bits per heavy atom. The Labute approximate surface area is 134 Å². The van der Waals surface area contributed by atoms with E-state index in [9.17, 15) is 0 Å². The molecule has 1 aromatic heterocycles. The second kappa shape index (κ2) is 6.85. The second-order valence-corrected chi connectivity index (χ2v) is 5.32. The Hall–Kier alpha value is -1.98. The van der Waals surface area contributed by atoms with Crippen molar-refractivity contribution >= 4 is 11.6 Å². The molecule has 1 aromatic carbocycles. The fourth-order valence-electron chi connectivity index (χ4n) is 2.29. The zero-order valence-corrected chi connectivity index (χ0v) is 13.0. The first-order valence-corrected chi connectivity index (χ1v) is 7.41. The zero-order chi connectivity index (χ0) is 15.4. The minimum absolute atomic E-state index is 0.536. The van der Waals surface area contributed by atoms with Crippen LogP contribution in [0.2, 0.25) is 5.02 Å². The molecule has 0 atom stereocenters. The van der Waals surface area contributed by atoms with Crippen molar-refractivity contribution in [3.8, 4) is 17.4 Å². The maximum Gasteiger partial charge on any atom is 0.213 e. The van der Waals surface area contributed by atoms with E-state index in [1.54, 1.807) is 13.3 Å². The molecule has 0 amide bonds. The Bertz CT molecular complexity index is 664. The zero-order valence-electron chi connectivity index (χ0n) is 12.3. The van der Waals surface area contributed by atoms with Gasteiger partial charge >= 0.3 is 0 Å². The summed E-state index contributed by atoms with van der Waals surface area (Å²) in [7, 11) is 1.61. The van der Waals surface area contributed by atoms with E-state index in [0.717, 1.165) is 11.1 Å². The molecule has 6 heteroatoms. The average molecular weight is 321 g/mol. The van der Waals surface area contributed by atoms with E-state index < -0.39 is 0 Å². The van der Waals surface area contributed by atoms with Gasteiger partial charge < -0.3 is 19.5 Å². The van der Waals surface area contributed by atoms with Crippen LogP contribution in [0, 0.1) is 0 Å². The Kier molecular flexibility index (Phi) is 4.65. The first-order valence-electron chi connectivity index (χ1n) is 7.04. The number of nitrogens with zero attached hydrogens (tertiary/aromatic N) is 1. The van der Waals surface area contributed by atoms with Crippen LogP contribution in [0.15, 0.2) is 30.5 Å². The number of aromatic nitrogens is 1. The van der Waals surface area contributed by atoms with Crippen molar-refractivity contribution in [1.82, 2.24) is 10.3 Å². The van der Waals surface area contributed by atoms with Crippen LogP contribution in [0.1, 0.15) is 11.1 Å². The summed E-state index contributed by atoms with van der Waals surface area (Å²) in [6.07, 6.45) is 1.73. The van der Waals surface area contributed by atoms with Crippen LogP contribution in [0.4, 0.5) is 0 Å². The molecule has 0 unspecified atom stereocenters. The molecule has 5 nitrogen and oxygen atoms in total. The van der Waals surface area contributed by atoms with Crippen molar-refractivity contribution in [2.45, 2.75) is 13.1 Å². The number of benzene rings is 1. The van der Waals surface area contributed by atoms with Gasteiger partial charge in [-0.25, -0.2) is 4.98 Å². The van der Waals surface area contributed by atoms with Gasteiger partial charge in [-0.3, -0.25) is 0 Å². The van der Waals surface area contributed by atoms with Crippen LogP contribution in [0.5, 0.6) is 17.4 Å². The predicted octanol–water partition coefficient (Wildman–Crippen LogP) is 2.80. The molecule has 0 fully saturated rings. The minimum Gasteiger partial charge on any atom is -0.486 e. The molecule has 0 radical (unpaired) electrons. The van der Waals surface area contributed by atoms with Gasteiger partial charge in [-0.1, -0.05) is 11.6 Å². The molecule has 0 aliphatic carbocycles. The van der Waals surface area contributed by atoms with Crippen LogP contribution in [-0.2, 0) is 13.1 Å². The molecule has 22 heavy (non-hydrogen) atoms. The van der Waals surface area contributed by atoms with Gasteiger partial charge in [0, 0.05) is 25.4 Å². The lowest BCUT2D eigenvalue weighted by Gasteiger charge is -2.20. The van der Waals surface area contributed by atoms with E-state index >= 15 is 0 Å². The van der Waals surface area contributed by atoms with Gasteiger partial charge in [0.15, 0.2) is 11.5 Å². The number of hydrogen-bond donors (Lipinski definition) is 1. The van der Waals surface area contributed by atoms with Crippen LogP contribution in [0.25, 0.3) is 0 Å². The number of halogens is 1. The van der Waals surface area contributed by atoms with Crippen LogP contribution < -0.4 is 19.5 Å². The maximum atomic E-state index is 6.23. The van der Waals surface area contributed by atoms with Crippen LogP contribution >= 0.6 is 11.6 Å². The molecular formula is C16H17ClN2O3. The molecule has 2 aromatic rings. The highest BCUT2D eigenvalue weighted by Crippen LogP contribution is 2.38. The van der Waals surface area contributed by atoms with Gasteiger partial charge in [0.25, 0.3) is 0 Å². The van der Waals surface area contributed by atoms with Crippen molar-refractivity contribution in [3.05, 3.63) is 46.6 Å². The normalized spacial score (nSPS) is 13.0. The molecule has 2 heterocycles. The fourth-order valence-corrected chi connectivity index (χ4v) is 2.58. The first-order chi connectivity index (χ1) is 10.8. The fraction of sp³-hybridized carbons (Fsp3) is 0.312. The van der Waals surface area contributed by atoms with E-state index in [1.807, 2.05) is 24.3 Å². The third-order valence-corrected chi connectivity index (χ3v) is 3.60. The third kappa shape index (κ3) is 3.43. The monoisotopic (exact) mass is 320 g/mol. The second-order valence-electron chi connectivity index (χ2n) is 4.91. The molecule has 0 saturated heterocycles. The van der Waals surface area contributed by atoms with Crippen molar-refractivity contribution in [2.24, 2.45) is 0 Å². The smallest absolute Gasteiger partial charge is 0.213 e. The van der Waals surface area contributed by atoms with Gasteiger partial charge in [0.1, 0.15) is 13.2 Å². The standard InChI is InChI=1S/C16H17ClN2O3/c1-20-15-8-11(2-3-19-15)9-18-10-12-6-13(17)16-14(7-12)21-4-5-22-16/h2-3,6-8,18H,4-5,9-10H2,1H3. The van der Waals surface area contributed by atoms with E-state index in [2.05, 4.69) is 10.3 Å². The number of pyridine rings is 1. The van der Waals surface area contributed by atoms with Gasteiger partial charge in [-0.05, 0) is 29.3 Å². The summed E-state index contributed by atoms with van der Waals surface area (Å²) in [5.41, 5.74) is 2.16. The molecule has 0 spiro atoms. The molecular weight excluding hydrogens is 304 g/mol. The molecule has 0 saturated carbocycles. The van der Waals surface area contributed by atoms with Crippen molar-refractivity contribution in [1.29, 1.82) is 0 Å². The highest BCUT2D eigenvalue weighted by Gasteiger charge is 2.16. The number of fused-ring (bicyclic) bond motifs is 1. The topological polar surface area (TPSA) is 52.6 Å². The van der Waals surface area contributed by atoms with Crippen LogP contribution in [0.3, 0.4) is 0 Å². The molecule has 0 bridgehead atoms. The van der Waals surface area contributed by atoms with Crippen LogP contribution in [-0.4, -0.2) is 25.3 Å². The van der Waals surface area contributed by atoms with Crippen molar-refractivity contribution in [3.63, 3.8) is 0 Å². The summed E-state index contributed by atoms with van der Waals surface area (Å²) >= 11 is 6.23. The lowest BCUT2D eigenvalue weighted by molar-refractivity contribution is 0.171. The molecule has 116 valence electrons. The summed E-state index contributed by atoms with van der Waals surface area (Å²) in [6.45, 7) is 2.48. The summed E-state index contributed by atoms with van der Waals surface area (Å²) in [4.78, 5) is 4.09. The van der Waals surface area contributed by atoms with Gasteiger partial charge in [0.2, 0.25) is 5.88 Å². The van der Waals surface area contributed by atoms with E-state index in [1.165, 1.54) is 0 Å². The number of ether oxygens (including phenoxy) is 3. The summed E-state index contributed by atoms with van der Waals surface area (Å²) in [5, 5.41) is 3.95. The average Bonchev–Trinajstić information content (AvgIpc) is 2.55. The van der Waals surface area contributed by atoms with Gasteiger partial charge in [-0.15, -0.1) is 0 Å². The largest absolute Gasteiger partial charge is 0.486 e. The van der Waals surface area contributed by atoms with Gasteiger partial charge in [-0.2, -0.15) is 0 Å². The van der Waals surface area contributed by atoms with E-state index in [4.69, 9.17) is 25.8 Å². The third-order valence-electron chi connectivity index (χ3n) is 3.32. The number of nitrogens with one attached hydrogen (secondary N) is 1. The Morgan fingerprint density at radius 1 is 1.18 bits per heavy atom. The SMILES string of the molecule is COc1cc(CNCc2cc(Cl)c3c(c2)OCCO3)ccn1. The van der Waals surface area contributed by atoms with Crippen molar-refractivity contribution < 1.29 is 14.2 Å².